The Bertz CT molecular complexity index is 1070. The summed E-state index contributed by atoms with van der Waals surface area (Å²) in [6.07, 6.45) is 0.622. The van der Waals surface area contributed by atoms with Crippen molar-refractivity contribution in [3.8, 4) is 0 Å². The smallest absolute Gasteiger partial charge is 0.269 e. The van der Waals surface area contributed by atoms with E-state index in [-0.39, 0.29) is 17.3 Å². The fraction of sp³-hybridized carbons (Fsp3) is 0.211. The number of rotatable bonds is 6. The maximum Gasteiger partial charge on any atom is 0.269 e. The number of aromatic nitrogens is 2. The Morgan fingerprint density at radius 2 is 2.07 bits per heavy atom. The molecule has 0 fully saturated rings. The Kier molecular flexibility index (Phi) is 5.45. The highest BCUT2D eigenvalue weighted by molar-refractivity contribution is 8.01. The number of fused-ring (bicyclic) bond motifs is 1. The number of non-ortho nitro benzene ring substituents is 1. The number of anilines is 3. The van der Waals surface area contributed by atoms with Gasteiger partial charge < -0.3 is 10.2 Å². The number of benzene rings is 2. The van der Waals surface area contributed by atoms with Crippen molar-refractivity contribution in [2.24, 2.45) is 0 Å². The molecule has 0 saturated carbocycles. The molecular weight excluding hydrogens is 410 g/mol. The SMILES string of the molecule is Cc1ccc(Nc2nnc(SCC(=O)N3CCc4cc([N+](=O)[O-])ccc43)s2)cc1. The molecule has 0 bridgehead atoms. The second-order valence-electron chi connectivity index (χ2n) is 6.52. The molecular formula is C19H17N5O3S2. The van der Waals surface area contributed by atoms with Crippen LogP contribution in [0.4, 0.5) is 22.2 Å². The van der Waals surface area contributed by atoms with Crippen LogP contribution in [0, 0.1) is 17.0 Å². The second-order valence-corrected chi connectivity index (χ2v) is 8.72. The number of carbonyl (C=O) groups is 1. The van der Waals surface area contributed by atoms with Crippen molar-refractivity contribution in [3.63, 3.8) is 0 Å². The highest BCUT2D eigenvalue weighted by Crippen LogP contribution is 2.33. The number of hydrogen-bond donors (Lipinski definition) is 1. The highest BCUT2D eigenvalue weighted by Gasteiger charge is 2.26. The molecule has 0 spiro atoms. The lowest BCUT2D eigenvalue weighted by atomic mass is 10.1. The molecule has 0 atom stereocenters. The van der Waals surface area contributed by atoms with E-state index in [1.54, 1.807) is 17.0 Å². The number of carbonyl (C=O) groups excluding carboxylic acids is 1. The van der Waals surface area contributed by atoms with E-state index in [4.69, 9.17) is 0 Å². The zero-order valence-electron chi connectivity index (χ0n) is 15.5. The zero-order chi connectivity index (χ0) is 20.4. The van der Waals surface area contributed by atoms with Crippen LogP contribution in [0.2, 0.25) is 0 Å². The number of nitro groups is 1. The van der Waals surface area contributed by atoms with Gasteiger partial charge in [-0.2, -0.15) is 0 Å². The molecule has 0 saturated heterocycles. The molecule has 2 heterocycles. The largest absolute Gasteiger partial charge is 0.330 e. The normalized spacial score (nSPS) is 12.7. The van der Waals surface area contributed by atoms with E-state index in [0.29, 0.717) is 22.4 Å². The Balaban J connectivity index is 1.36. The lowest BCUT2D eigenvalue weighted by Crippen LogP contribution is -2.30. The minimum absolute atomic E-state index is 0.0501. The van der Waals surface area contributed by atoms with Crippen LogP contribution >= 0.6 is 23.1 Å². The molecule has 0 unspecified atom stereocenters. The molecule has 10 heteroatoms. The molecule has 0 aliphatic carbocycles. The lowest BCUT2D eigenvalue weighted by Gasteiger charge is -2.16. The predicted octanol–water partition coefficient (Wildman–Crippen LogP) is 4.18. The fourth-order valence-electron chi connectivity index (χ4n) is 3.04. The van der Waals surface area contributed by atoms with Crippen molar-refractivity contribution in [3.05, 3.63) is 63.7 Å². The molecule has 1 amide bonds. The first-order valence-electron chi connectivity index (χ1n) is 8.87. The summed E-state index contributed by atoms with van der Waals surface area (Å²) in [5.74, 6) is 0.182. The van der Waals surface area contributed by atoms with Gasteiger partial charge in [0.15, 0.2) is 4.34 Å². The van der Waals surface area contributed by atoms with Crippen molar-refractivity contribution in [1.82, 2.24) is 10.2 Å². The van der Waals surface area contributed by atoms with Crippen LogP contribution in [-0.2, 0) is 11.2 Å². The lowest BCUT2D eigenvalue weighted by molar-refractivity contribution is -0.384. The predicted molar refractivity (Wildman–Crippen MR) is 114 cm³/mol. The number of nitrogens with zero attached hydrogens (tertiary/aromatic N) is 4. The van der Waals surface area contributed by atoms with Gasteiger partial charge in [-0.1, -0.05) is 40.8 Å². The van der Waals surface area contributed by atoms with E-state index in [1.165, 1.54) is 34.7 Å². The standard InChI is InChI=1S/C19H17N5O3S2/c1-12-2-4-14(5-3-12)20-18-21-22-19(29-18)28-11-17(25)23-9-8-13-10-15(24(26)27)6-7-16(13)23/h2-7,10H,8-9,11H2,1H3,(H,20,21). The molecule has 2 aromatic carbocycles. The fourth-order valence-corrected chi connectivity index (χ4v) is 4.69. The molecule has 29 heavy (non-hydrogen) atoms. The van der Waals surface area contributed by atoms with Crippen LogP contribution in [0.5, 0.6) is 0 Å². The van der Waals surface area contributed by atoms with Crippen LogP contribution in [0.15, 0.2) is 46.8 Å². The Hall–Kier alpha value is -2.98. The summed E-state index contributed by atoms with van der Waals surface area (Å²) in [7, 11) is 0. The number of amides is 1. The van der Waals surface area contributed by atoms with Gasteiger partial charge in [0.2, 0.25) is 11.0 Å². The summed E-state index contributed by atoms with van der Waals surface area (Å²) in [5.41, 5.74) is 3.75. The van der Waals surface area contributed by atoms with E-state index in [9.17, 15) is 14.9 Å². The van der Waals surface area contributed by atoms with Crippen molar-refractivity contribution >= 4 is 51.2 Å². The summed E-state index contributed by atoms with van der Waals surface area (Å²) >= 11 is 2.73. The van der Waals surface area contributed by atoms with E-state index < -0.39 is 4.92 Å². The van der Waals surface area contributed by atoms with Gasteiger partial charge in [0.05, 0.1) is 10.7 Å². The van der Waals surface area contributed by atoms with E-state index in [0.717, 1.165) is 16.9 Å². The van der Waals surface area contributed by atoms with Crippen LogP contribution < -0.4 is 10.2 Å². The number of aryl methyl sites for hydroxylation is 1. The average molecular weight is 428 g/mol. The molecule has 8 nitrogen and oxygen atoms in total. The van der Waals surface area contributed by atoms with E-state index in [1.807, 2.05) is 31.2 Å². The van der Waals surface area contributed by atoms with Gasteiger partial charge in [0, 0.05) is 30.1 Å². The summed E-state index contributed by atoms with van der Waals surface area (Å²) in [5, 5.41) is 23.0. The maximum absolute atomic E-state index is 12.6. The van der Waals surface area contributed by atoms with Gasteiger partial charge in [-0.25, -0.2) is 0 Å². The van der Waals surface area contributed by atoms with Crippen molar-refractivity contribution in [1.29, 1.82) is 0 Å². The van der Waals surface area contributed by atoms with E-state index in [2.05, 4.69) is 15.5 Å². The van der Waals surface area contributed by atoms with Gasteiger partial charge in [0.25, 0.3) is 5.69 Å². The van der Waals surface area contributed by atoms with Crippen LogP contribution in [0.25, 0.3) is 0 Å². The molecule has 1 N–H and O–H groups in total. The molecule has 0 radical (unpaired) electrons. The molecule has 3 aromatic rings. The van der Waals surface area contributed by atoms with Gasteiger partial charge in [-0.3, -0.25) is 14.9 Å². The number of nitrogens with one attached hydrogen (secondary N) is 1. The summed E-state index contributed by atoms with van der Waals surface area (Å²) in [6.45, 7) is 2.56. The Morgan fingerprint density at radius 1 is 1.28 bits per heavy atom. The third-order valence-corrected chi connectivity index (χ3v) is 6.46. The number of nitro benzene ring substituents is 1. The zero-order valence-corrected chi connectivity index (χ0v) is 17.1. The molecule has 1 aliphatic rings. The summed E-state index contributed by atoms with van der Waals surface area (Å²) < 4.78 is 0.705. The van der Waals surface area contributed by atoms with Crippen LogP contribution in [0.3, 0.4) is 0 Å². The van der Waals surface area contributed by atoms with Crippen molar-refractivity contribution in [2.75, 3.05) is 22.5 Å². The topological polar surface area (TPSA) is 101 Å². The summed E-state index contributed by atoms with van der Waals surface area (Å²) in [4.78, 5) is 24.8. The number of hydrogen-bond acceptors (Lipinski definition) is 8. The minimum atomic E-state index is -0.418. The summed E-state index contributed by atoms with van der Waals surface area (Å²) in [6, 6.07) is 12.6. The molecule has 1 aromatic heterocycles. The van der Waals surface area contributed by atoms with Crippen molar-refractivity contribution in [2.45, 2.75) is 17.7 Å². The molecule has 148 valence electrons. The molecule has 4 rings (SSSR count). The van der Waals surface area contributed by atoms with Gasteiger partial charge >= 0.3 is 0 Å². The first-order chi connectivity index (χ1) is 14.0. The van der Waals surface area contributed by atoms with E-state index >= 15 is 0 Å². The quantitative estimate of drug-likeness (QED) is 0.358. The Labute approximate surface area is 175 Å². The first-order valence-corrected chi connectivity index (χ1v) is 10.7. The Morgan fingerprint density at radius 3 is 2.83 bits per heavy atom. The second kappa shape index (κ2) is 8.18. The third-order valence-electron chi connectivity index (χ3n) is 4.50. The maximum atomic E-state index is 12.6. The van der Waals surface area contributed by atoms with Crippen LogP contribution in [0.1, 0.15) is 11.1 Å². The minimum Gasteiger partial charge on any atom is -0.330 e. The first kappa shape index (κ1) is 19.3. The van der Waals surface area contributed by atoms with Gasteiger partial charge in [0.1, 0.15) is 0 Å². The van der Waals surface area contributed by atoms with Crippen LogP contribution in [-0.4, -0.2) is 33.3 Å². The van der Waals surface area contributed by atoms with Gasteiger partial charge in [-0.05, 0) is 37.1 Å². The monoisotopic (exact) mass is 427 g/mol. The highest BCUT2D eigenvalue weighted by atomic mass is 32.2. The number of thioether (sulfide) groups is 1. The van der Waals surface area contributed by atoms with Crippen molar-refractivity contribution < 1.29 is 9.72 Å². The molecule has 1 aliphatic heterocycles. The third kappa shape index (κ3) is 4.38. The average Bonchev–Trinajstić information content (AvgIpc) is 3.34. The van der Waals surface area contributed by atoms with Gasteiger partial charge in [-0.15, -0.1) is 10.2 Å².